The summed E-state index contributed by atoms with van der Waals surface area (Å²) in [6, 6.07) is 1.66. The van der Waals surface area contributed by atoms with Gasteiger partial charge in [0.05, 0.1) is 17.4 Å². The molecule has 1 heterocycles. The van der Waals surface area contributed by atoms with Crippen LogP contribution in [0.1, 0.15) is 50.2 Å². The van der Waals surface area contributed by atoms with Crippen LogP contribution in [0.5, 0.6) is 0 Å². The summed E-state index contributed by atoms with van der Waals surface area (Å²) in [6.07, 6.45) is 2.84. The van der Waals surface area contributed by atoms with Gasteiger partial charge in [0.15, 0.2) is 0 Å². The molecule has 0 aliphatic rings. The Bertz CT molecular complexity index is 393. The molecule has 0 aromatic carbocycles. The second-order valence-electron chi connectivity index (χ2n) is 5.39. The Kier molecular flexibility index (Phi) is 4.96. The normalized spacial score (nSPS) is 14.6. The summed E-state index contributed by atoms with van der Waals surface area (Å²) in [4.78, 5) is 11.9. The molecular weight excluding hydrogens is 230 g/mol. The smallest absolute Gasteiger partial charge is 0.254 e. The van der Waals surface area contributed by atoms with E-state index in [2.05, 4.69) is 5.32 Å². The topological polar surface area (TPSA) is 62.5 Å². The van der Waals surface area contributed by atoms with E-state index in [4.69, 9.17) is 4.42 Å². The van der Waals surface area contributed by atoms with Crippen molar-refractivity contribution in [3.8, 4) is 0 Å². The highest BCUT2D eigenvalue weighted by Gasteiger charge is 2.23. The summed E-state index contributed by atoms with van der Waals surface area (Å²) in [5, 5.41) is 12.9. The lowest BCUT2D eigenvalue weighted by atomic mass is 9.94. The highest BCUT2D eigenvalue weighted by Crippen LogP contribution is 2.16. The van der Waals surface area contributed by atoms with Gasteiger partial charge in [-0.1, -0.05) is 20.8 Å². The zero-order valence-corrected chi connectivity index (χ0v) is 11.6. The van der Waals surface area contributed by atoms with E-state index < -0.39 is 5.60 Å². The van der Waals surface area contributed by atoms with Crippen LogP contribution in [-0.4, -0.2) is 23.2 Å². The van der Waals surface area contributed by atoms with Crippen LogP contribution in [-0.2, 0) is 6.42 Å². The highest BCUT2D eigenvalue weighted by atomic mass is 16.3. The van der Waals surface area contributed by atoms with Crippen LogP contribution in [0, 0.1) is 5.92 Å². The van der Waals surface area contributed by atoms with Gasteiger partial charge in [-0.3, -0.25) is 4.79 Å². The molecule has 0 aliphatic carbocycles. The number of carbonyl (C=O) groups excluding carboxylic acids is 1. The van der Waals surface area contributed by atoms with Gasteiger partial charge in [0.1, 0.15) is 5.76 Å². The molecular formula is C14H23NO3. The third kappa shape index (κ3) is 4.18. The summed E-state index contributed by atoms with van der Waals surface area (Å²) < 4.78 is 5.21. The second-order valence-corrected chi connectivity index (χ2v) is 5.39. The molecule has 2 N–H and O–H groups in total. The summed E-state index contributed by atoms with van der Waals surface area (Å²) in [5.74, 6) is 0.873. The molecule has 102 valence electrons. The average molecular weight is 253 g/mol. The molecule has 0 fully saturated rings. The van der Waals surface area contributed by atoms with Gasteiger partial charge in [-0.25, -0.2) is 0 Å². The van der Waals surface area contributed by atoms with Crippen molar-refractivity contribution in [3.05, 3.63) is 23.7 Å². The fraction of sp³-hybridized carbons (Fsp3) is 0.643. The Labute approximate surface area is 108 Å². The maximum Gasteiger partial charge on any atom is 0.254 e. The molecule has 1 unspecified atom stereocenters. The fourth-order valence-corrected chi connectivity index (χ4v) is 2.13. The molecule has 4 heteroatoms. The molecule has 1 aromatic rings. The van der Waals surface area contributed by atoms with E-state index in [9.17, 15) is 9.90 Å². The number of rotatable bonds is 6. The molecule has 1 amide bonds. The van der Waals surface area contributed by atoms with Gasteiger partial charge in [-0.15, -0.1) is 0 Å². The van der Waals surface area contributed by atoms with Crippen LogP contribution in [0.2, 0.25) is 0 Å². The lowest BCUT2D eigenvalue weighted by molar-refractivity contribution is 0.0368. The van der Waals surface area contributed by atoms with E-state index in [1.807, 2.05) is 20.8 Å². The van der Waals surface area contributed by atoms with Crippen molar-refractivity contribution in [1.29, 1.82) is 0 Å². The average Bonchev–Trinajstić information content (AvgIpc) is 2.72. The van der Waals surface area contributed by atoms with E-state index in [-0.39, 0.29) is 12.5 Å². The Morgan fingerprint density at radius 1 is 1.56 bits per heavy atom. The van der Waals surface area contributed by atoms with E-state index in [1.54, 1.807) is 13.0 Å². The van der Waals surface area contributed by atoms with Crippen molar-refractivity contribution in [1.82, 2.24) is 5.32 Å². The summed E-state index contributed by atoms with van der Waals surface area (Å²) in [5.41, 5.74) is -0.321. The standard InChI is InChI=1S/C14H23NO3/c1-5-12-11(6-7-18-12)13(16)15-9-14(4,17)8-10(2)3/h6-7,10,17H,5,8-9H2,1-4H3,(H,15,16). The van der Waals surface area contributed by atoms with Crippen molar-refractivity contribution >= 4 is 5.91 Å². The first kappa shape index (κ1) is 14.8. The van der Waals surface area contributed by atoms with E-state index in [0.29, 0.717) is 30.1 Å². The van der Waals surface area contributed by atoms with E-state index >= 15 is 0 Å². The molecule has 0 radical (unpaired) electrons. The molecule has 18 heavy (non-hydrogen) atoms. The van der Waals surface area contributed by atoms with Gasteiger partial charge in [0, 0.05) is 13.0 Å². The number of amides is 1. The maximum absolute atomic E-state index is 11.9. The van der Waals surface area contributed by atoms with Crippen LogP contribution in [0.25, 0.3) is 0 Å². The zero-order chi connectivity index (χ0) is 13.8. The lowest BCUT2D eigenvalue weighted by Crippen LogP contribution is -2.41. The maximum atomic E-state index is 11.9. The Balaban J connectivity index is 2.56. The Morgan fingerprint density at radius 2 is 2.22 bits per heavy atom. The molecule has 1 rings (SSSR count). The number of aryl methyl sites for hydroxylation is 1. The number of hydrogen-bond donors (Lipinski definition) is 2. The minimum atomic E-state index is -0.875. The first-order chi connectivity index (χ1) is 8.35. The summed E-state index contributed by atoms with van der Waals surface area (Å²) in [7, 11) is 0. The van der Waals surface area contributed by atoms with E-state index in [1.165, 1.54) is 6.26 Å². The Hall–Kier alpha value is -1.29. The molecule has 0 bridgehead atoms. The van der Waals surface area contributed by atoms with Crippen molar-refractivity contribution in [2.75, 3.05) is 6.54 Å². The van der Waals surface area contributed by atoms with Gasteiger partial charge >= 0.3 is 0 Å². The number of aliphatic hydroxyl groups is 1. The molecule has 0 saturated carbocycles. The molecule has 0 saturated heterocycles. The van der Waals surface area contributed by atoms with Crippen LogP contribution < -0.4 is 5.32 Å². The van der Waals surface area contributed by atoms with Crippen molar-refractivity contribution in [2.24, 2.45) is 5.92 Å². The highest BCUT2D eigenvalue weighted by molar-refractivity contribution is 5.95. The minimum absolute atomic E-state index is 0.190. The van der Waals surface area contributed by atoms with Crippen LogP contribution in [0.3, 0.4) is 0 Å². The van der Waals surface area contributed by atoms with Gasteiger partial charge in [-0.2, -0.15) is 0 Å². The first-order valence-electron chi connectivity index (χ1n) is 6.42. The molecule has 0 spiro atoms. The minimum Gasteiger partial charge on any atom is -0.469 e. The van der Waals surface area contributed by atoms with Crippen molar-refractivity contribution in [2.45, 2.75) is 46.1 Å². The summed E-state index contributed by atoms with van der Waals surface area (Å²) >= 11 is 0. The first-order valence-corrected chi connectivity index (χ1v) is 6.42. The number of carbonyl (C=O) groups is 1. The fourth-order valence-electron chi connectivity index (χ4n) is 2.13. The second kappa shape index (κ2) is 6.05. The zero-order valence-electron chi connectivity index (χ0n) is 11.6. The van der Waals surface area contributed by atoms with Gasteiger partial charge in [-0.05, 0) is 25.3 Å². The van der Waals surface area contributed by atoms with Crippen LogP contribution in [0.15, 0.2) is 16.7 Å². The number of hydrogen-bond acceptors (Lipinski definition) is 3. The largest absolute Gasteiger partial charge is 0.469 e. The quantitative estimate of drug-likeness (QED) is 0.818. The molecule has 4 nitrogen and oxygen atoms in total. The third-order valence-corrected chi connectivity index (χ3v) is 2.79. The lowest BCUT2D eigenvalue weighted by Gasteiger charge is -2.25. The molecule has 0 aliphatic heterocycles. The monoisotopic (exact) mass is 253 g/mol. The number of furan rings is 1. The van der Waals surface area contributed by atoms with Gasteiger partial charge < -0.3 is 14.8 Å². The van der Waals surface area contributed by atoms with Crippen LogP contribution >= 0.6 is 0 Å². The van der Waals surface area contributed by atoms with Gasteiger partial charge in [0.25, 0.3) is 5.91 Å². The van der Waals surface area contributed by atoms with Crippen molar-refractivity contribution in [3.63, 3.8) is 0 Å². The Morgan fingerprint density at radius 3 is 2.78 bits per heavy atom. The SMILES string of the molecule is CCc1occc1C(=O)NCC(C)(O)CC(C)C. The predicted molar refractivity (Wildman–Crippen MR) is 70.5 cm³/mol. The van der Waals surface area contributed by atoms with Crippen LogP contribution in [0.4, 0.5) is 0 Å². The summed E-state index contributed by atoms with van der Waals surface area (Å²) in [6.45, 7) is 8.01. The molecule has 1 atom stereocenters. The van der Waals surface area contributed by atoms with Gasteiger partial charge in [0.2, 0.25) is 0 Å². The number of nitrogens with one attached hydrogen (secondary N) is 1. The molecule has 1 aromatic heterocycles. The predicted octanol–water partition coefficient (Wildman–Crippen LogP) is 2.37. The van der Waals surface area contributed by atoms with E-state index in [0.717, 1.165) is 0 Å². The third-order valence-electron chi connectivity index (χ3n) is 2.79. The van der Waals surface area contributed by atoms with Crippen molar-refractivity contribution < 1.29 is 14.3 Å².